The van der Waals surface area contributed by atoms with E-state index in [1.807, 2.05) is 0 Å². The number of carbonyl (C=O) groups excluding carboxylic acids is 1. The lowest BCUT2D eigenvalue weighted by Gasteiger charge is -2.27. The highest BCUT2D eigenvalue weighted by Crippen LogP contribution is 2.54. The molecule has 1 aromatic rings. The summed E-state index contributed by atoms with van der Waals surface area (Å²) in [5, 5.41) is 10.6. The number of non-ortho nitro benzene ring substituents is 1. The molecule has 0 amide bonds. The van der Waals surface area contributed by atoms with Crippen LogP contribution in [0, 0.1) is 10.1 Å². The molecule has 0 bridgehead atoms. The number of esters is 1. The molecule has 0 N–H and O–H groups in total. The lowest BCUT2D eigenvalue weighted by atomic mass is 10.2. The standard InChI is InChI=1S/C15H22NO7P/c1-5-21-24(20,22-6-2)12(4)11(3)23-15(17)13-7-9-14(10-8-13)16(18)19/h7-12H,5-6H2,1-4H3/t11-,12+/m0/s1. The SMILES string of the molecule is CCOP(=O)(OCC)[C@H](C)[C@H](C)OC(=O)c1ccc([N+](=O)[O-])cc1. The van der Waals surface area contributed by atoms with Gasteiger partial charge in [0.25, 0.3) is 5.69 Å². The van der Waals surface area contributed by atoms with Gasteiger partial charge in [-0.15, -0.1) is 0 Å². The predicted octanol–water partition coefficient (Wildman–Crippen LogP) is 3.79. The van der Waals surface area contributed by atoms with Gasteiger partial charge in [-0.3, -0.25) is 14.7 Å². The van der Waals surface area contributed by atoms with Crippen LogP contribution in [-0.4, -0.2) is 35.9 Å². The maximum atomic E-state index is 12.7. The zero-order chi connectivity index (χ0) is 18.3. The average molecular weight is 359 g/mol. The molecule has 24 heavy (non-hydrogen) atoms. The molecule has 0 radical (unpaired) electrons. The van der Waals surface area contributed by atoms with Crippen molar-refractivity contribution in [3.05, 3.63) is 39.9 Å². The first-order valence-electron chi connectivity index (χ1n) is 7.59. The van der Waals surface area contributed by atoms with Gasteiger partial charge in [-0.1, -0.05) is 0 Å². The summed E-state index contributed by atoms with van der Waals surface area (Å²) in [4.78, 5) is 22.2. The van der Waals surface area contributed by atoms with Gasteiger partial charge in [-0.05, 0) is 39.8 Å². The predicted molar refractivity (Wildman–Crippen MR) is 88.3 cm³/mol. The third-order valence-corrected chi connectivity index (χ3v) is 6.06. The van der Waals surface area contributed by atoms with Gasteiger partial charge in [0.2, 0.25) is 0 Å². The molecule has 0 aliphatic heterocycles. The van der Waals surface area contributed by atoms with Gasteiger partial charge in [-0.2, -0.15) is 0 Å². The van der Waals surface area contributed by atoms with Crippen molar-refractivity contribution in [3.63, 3.8) is 0 Å². The Morgan fingerprint density at radius 2 is 1.67 bits per heavy atom. The Morgan fingerprint density at radius 3 is 2.08 bits per heavy atom. The van der Waals surface area contributed by atoms with E-state index in [1.54, 1.807) is 27.7 Å². The summed E-state index contributed by atoms with van der Waals surface area (Å²) < 4.78 is 28.5. The number of ether oxygens (including phenoxy) is 1. The van der Waals surface area contributed by atoms with E-state index in [4.69, 9.17) is 13.8 Å². The van der Waals surface area contributed by atoms with Crippen molar-refractivity contribution in [2.24, 2.45) is 0 Å². The van der Waals surface area contributed by atoms with Crippen LogP contribution in [0.4, 0.5) is 5.69 Å². The summed E-state index contributed by atoms with van der Waals surface area (Å²) in [7, 11) is -3.40. The highest BCUT2D eigenvalue weighted by atomic mass is 31.2. The summed E-state index contributed by atoms with van der Waals surface area (Å²) >= 11 is 0. The monoisotopic (exact) mass is 359 g/mol. The lowest BCUT2D eigenvalue weighted by Crippen LogP contribution is -2.28. The summed E-state index contributed by atoms with van der Waals surface area (Å²) in [6.45, 7) is 7.05. The van der Waals surface area contributed by atoms with Crippen LogP contribution in [0.1, 0.15) is 38.1 Å². The fourth-order valence-electron chi connectivity index (χ4n) is 1.94. The van der Waals surface area contributed by atoms with Crippen LogP contribution in [0.25, 0.3) is 0 Å². The van der Waals surface area contributed by atoms with E-state index in [-0.39, 0.29) is 24.5 Å². The van der Waals surface area contributed by atoms with Gasteiger partial charge < -0.3 is 13.8 Å². The smallest absolute Gasteiger partial charge is 0.338 e. The van der Waals surface area contributed by atoms with Crippen LogP contribution >= 0.6 is 7.60 Å². The summed E-state index contributed by atoms with van der Waals surface area (Å²) in [6, 6.07) is 5.05. The maximum Gasteiger partial charge on any atom is 0.338 e. The highest BCUT2D eigenvalue weighted by molar-refractivity contribution is 7.54. The molecule has 0 spiro atoms. The maximum absolute atomic E-state index is 12.7. The van der Waals surface area contributed by atoms with E-state index in [0.717, 1.165) is 0 Å². The number of hydrogen-bond acceptors (Lipinski definition) is 7. The van der Waals surface area contributed by atoms with Gasteiger partial charge in [0.1, 0.15) is 6.10 Å². The summed E-state index contributed by atoms with van der Waals surface area (Å²) in [6.07, 6.45) is -0.725. The van der Waals surface area contributed by atoms with E-state index >= 15 is 0 Å². The number of nitrogens with zero attached hydrogens (tertiary/aromatic N) is 1. The third kappa shape index (κ3) is 5.12. The summed E-state index contributed by atoms with van der Waals surface area (Å²) in [5.41, 5.74) is -0.605. The molecule has 0 aromatic heterocycles. The van der Waals surface area contributed by atoms with Crippen LogP contribution < -0.4 is 0 Å². The number of benzene rings is 1. The van der Waals surface area contributed by atoms with Gasteiger partial charge >= 0.3 is 13.6 Å². The molecule has 1 aromatic carbocycles. The number of carbonyl (C=O) groups is 1. The average Bonchev–Trinajstić information content (AvgIpc) is 2.54. The molecule has 2 atom stereocenters. The molecule has 1 rings (SSSR count). The van der Waals surface area contributed by atoms with Crippen molar-refractivity contribution in [2.45, 2.75) is 39.5 Å². The lowest BCUT2D eigenvalue weighted by molar-refractivity contribution is -0.384. The van der Waals surface area contributed by atoms with Crippen LogP contribution in [0.15, 0.2) is 24.3 Å². The van der Waals surface area contributed by atoms with E-state index in [2.05, 4.69) is 0 Å². The van der Waals surface area contributed by atoms with Crippen molar-refractivity contribution in [1.82, 2.24) is 0 Å². The second kappa shape index (κ2) is 8.92. The second-order valence-corrected chi connectivity index (χ2v) is 7.44. The van der Waals surface area contributed by atoms with Crippen LogP contribution in [0.5, 0.6) is 0 Å². The number of nitro benzene ring substituents is 1. The molecule has 0 fully saturated rings. The Bertz CT molecular complexity index is 607. The normalized spacial score (nSPS) is 14.0. The van der Waals surface area contributed by atoms with Crippen molar-refractivity contribution in [3.8, 4) is 0 Å². The molecule has 0 saturated heterocycles. The Hall–Kier alpha value is -1.76. The molecule has 8 nitrogen and oxygen atoms in total. The number of nitro groups is 1. The van der Waals surface area contributed by atoms with Crippen LogP contribution in [0.3, 0.4) is 0 Å². The van der Waals surface area contributed by atoms with Crippen LogP contribution in [0.2, 0.25) is 0 Å². The number of hydrogen-bond donors (Lipinski definition) is 0. The highest BCUT2D eigenvalue weighted by Gasteiger charge is 2.37. The molecule has 0 aliphatic rings. The first-order valence-corrected chi connectivity index (χ1v) is 9.20. The zero-order valence-electron chi connectivity index (χ0n) is 14.1. The van der Waals surface area contributed by atoms with Crippen molar-refractivity contribution < 1.29 is 28.1 Å². The minimum Gasteiger partial charge on any atom is -0.458 e. The molecule has 0 unspecified atom stereocenters. The summed E-state index contributed by atoms with van der Waals surface area (Å²) in [5.74, 6) is -0.663. The molecular weight excluding hydrogens is 337 g/mol. The first-order chi connectivity index (χ1) is 11.2. The van der Waals surface area contributed by atoms with Crippen molar-refractivity contribution in [1.29, 1.82) is 0 Å². The van der Waals surface area contributed by atoms with Gasteiger partial charge in [-0.25, -0.2) is 4.79 Å². The molecule has 0 saturated carbocycles. The van der Waals surface area contributed by atoms with Gasteiger partial charge in [0.15, 0.2) is 0 Å². The minimum absolute atomic E-state index is 0.120. The third-order valence-electron chi connectivity index (χ3n) is 3.40. The van der Waals surface area contributed by atoms with Crippen molar-refractivity contribution in [2.75, 3.05) is 13.2 Å². The second-order valence-electron chi connectivity index (χ2n) is 5.03. The Balaban J connectivity index is 2.81. The van der Waals surface area contributed by atoms with E-state index in [1.165, 1.54) is 24.3 Å². The van der Waals surface area contributed by atoms with Gasteiger partial charge in [0.05, 0.1) is 29.4 Å². The van der Waals surface area contributed by atoms with E-state index in [0.29, 0.717) is 0 Å². The molecule has 0 aliphatic carbocycles. The quantitative estimate of drug-likeness (QED) is 0.286. The largest absolute Gasteiger partial charge is 0.458 e. The Labute approximate surface area is 140 Å². The molecule has 0 heterocycles. The molecule has 134 valence electrons. The molecular formula is C15H22NO7P. The van der Waals surface area contributed by atoms with Crippen molar-refractivity contribution >= 4 is 19.3 Å². The van der Waals surface area contributed by atoms with Crippen LogP contribution in [-0.2, 0) is 18.3 Å². The Morgan fingerprint density at radius 1 is 1.17 bits per heavy atom. The fraction of sp³-hybridized carbons (Fsp3) is 0.533. The Kier molecular flexibility index (Phi) is 7.54. The van der Waals surface area contributed by atoms with E-state index < -0.39 is 30.3 Å². The fourth-order valence-corrected chi connectivity index (χ4v) is 3.78. The topological polar surface area (TPSA) is 105 Å². The van der Waals surface area contributed by atoms with E-state index in [9.17, 15) is 19.5 Å². The number of rotatable bonds is 9. The minimum atomic E-state index is -3.40. The van der Waals surface area contributed by atoms with Gasteiger partial charge in [0, 0.05) is 12.1 Å². The zero-order valence-corrected chi connectivity index (χ0v) is 15.0. The molecule has 9 heteroatoms. The first kappa shape index (κ1) is 20.3.